The fraction of sp³-hybridized carbons (Fsp3) is 0.652. The number of aromatic nitrogens is 1. The Morgan fingerprint density at radius 3 is 2.74 bits per heavy atom. The molecule has 0 aromatic carbocycles. The van der Waals surface area contributed by atoms with E-state index in [0.717, 1.165) is 25.7 Å². The molecule has 1 aromatic heterocycles. The number of carboxylic acid groups (broad SMARTS) is 1. The monoisotopic (exact) mass is 482 g/mol. The topological polar surface area (TPSA) is 154 Å². The molecule has 34 heavy (non-hydrogen) atoms. The van der Waals surface area contributed by atoms with Gasteiger partial charge in [-0.2, -0.15) is 0 Å². The lowest BCUT2D eigenvalue weighted by atomic mass is 9.86. The van der Waals surface area contributed by atoms with Crippen LogP contribution in [0.25, 0.3) is 0 Å². The van der Waals surface area contributed by atoms with Crippen molar-refractivity contribution >= 4 is 18.2 Å². The number of carboxylic acids is 1. The Morgan fingerprint density at radius 2 is 2.09 bits per heavy atom. The Kier molecular flexibility index (Phi) is 11.2. The Morgan fingerprint density at radius 1 is 1.32 bits per heavy atom. The van der Waals surface area contributed by atoms with Crippen LogP contribution in [0.2, 0.25) is 0 Å². The van der Waals surface area contributed by atoms with E-state index in [2.05, 4.69) is 17.2 Å². The van der Waals surface area contributed by atoms with E-state index in [0.29, 0.717) is 30.9 Å². The molecule has 11 heteroatoms. The average molecular weight is 483 g/mol. The summed E-state index contributed by atoms with van der Waals surface area (Å²) in [6.07, 6.45) is 3.98. The maximum absolute atomic E-state index is 12.6. The van der Waals surface area contributed by atoms with E-state index in [1.165, 1.54) is 7.11 Å². The quantitative estimate of drug-likeness (QED) is 0.185. The van der Waals surface area contributed by atoms with Gasteiger partial charge in [0.2, 0.25) is 0 Å². The molecule has 1 aromatic rings. The first-order valence-electron chi connectivity index (χ1n) is 11.4. The summed E-state index contributed by atoms with van der Waals surface area (Å²) in [6, 6.07) is 0. The summed E-state index contributed by atoms with van der Waals surface area (Å²) in [6.45, 7) is 4.51. The number of methoxy groups -OCH3 is 1. The smallest absolute Gasteiger partial charge is 0.315 e. The molecule has 190 valence electrons. The summed E-state index contributed by atoms with van der Waals surface area (Å²) in [7, 11) is 1.38. The lowest BCUT2D eigenvalue weighted by Crippen LogP contribution is -2.34. The molecular formula is C23H34N2O9. The van der Waals surface area contributed by atoms with E-state index >= 15 is 0 Å². The summed E-state index contributed by atoms with van der Waals surface area (Å²) >= 11 is 0. The van der Waals surface area contributed by atoms with Gasteiger partial charge in [-0.15, -0.1) is 0 Å². The van der Waals surface area contributed by atoms with Crippen molar-refractivity contribution in [2.45, 2.75) is 58.0 Å². The molecular weight excluding hydrogens is 448 g/mol. The standard InChI is InChI=1S/C23H34N2O9/c1-4-5-9-32-17-13-34-33-10-7-6-8-16(17)18-14(2)25-19(20(27)21(18)31-3)22(28)24-11-15(12-26)23(29)30/h12,15-17,27H,4-11,13H2,1-3H3,(H,24,28)(H,29,30)/t15?,16-,17-/m1/s1. The Hall–Kier alpha value is -2.76. The molecule has 0 spiro atoms. The Bertz CT molecular complexity index is 846. The lowest BCUT2D eigenvalue weighted by molar-refractivity contribution is -0.307. The molecule has 1 aliphatic heterocycles. The SMILES string of the molecule is CCCCO[C@@H]1COOCCCC[C@H]1c1c(C)nc(C(=O)NCC(C=O)C(=O)O)c(O)c1OC. The Balaban J connectivity index is 2.40. The number of carbonyl (C=O) groups is 3. The number of hydrogen-bond acceptors (Lipinski definition) is 9. The average Bonchev–Trinajstić information content (AvgIpc) is 2.92. The second-order valence-electron chi connectivity index (χ2n) is 8.10. The largest absolute Gasteiger partial charge is 0.503 e. The van der Waals surface area contributed by atoms with Crippen LogP contribution in [0, 0.1) is 12.8 Å². The molecule has 3 atom stereocenters. The van der Waals surface area contributed by atoms with Crippen LogP contribution in [0.5, 0.6) is 11.5 Å². The third-order valence-electron chi connectivity index (χ3n) is 5.69. The highest BCUT2D eigenvalue weighted by Crippen LogP contribution is 2.42. The van der Waals surface area contributed by atoms with Crippen LogP contribution >= 0.6 is 0 Å². The predicted octanol–water partition coefficient (Wildman–Crippen LogP) is 2.13. The molecule has 2 heterocycles. The minimum absolute atomic E-state index is 0.0945. The van der Waals surface area contributed by atoms with Crippen molar-refractivity contribution < 1.29 is 43.8 Å². The fourth-order valence-electron chi connectivity index (χ4n) is 3.84. The minimum Gasteiger partial charge on any atom is -0.503 e. The number of unbranched alkanes of at least 4 members (excludes halogenated alkanes) is 1. The summed E-state index contributed by atoms with van der Waals surface area (Å²) in [5, 5.41) is 22.2. The fourth-order valence-corrected chi connectivity index (χ4v) is 3.84. The number of rotatable bonds is 11. The highest BCUT2D eigenvalue weighted by atomic mass is 17.2. The molecule has 0 saturated carbocycles. The molecule has 1 saturated heterocycles. The van der Waals surface area contributed by atoms with Gasteiger partial charge in [0.05, 0.1) is 19.8 Å². The number of carbonyl (C=O) groups excluding carboxylic acids is 2. The first-order chi connectivity index (χ1) is 16.3. The molecule has 1 amide bonds. The zero-order valence-electron chi connectivity index (χ0n) is 19.9. The van der Waals surface area contributed by atoms with Gasteiger partial charge in [-0.25, -0.2) is 14.8 Å². The van der Waals surface area contributed by atoms with Crippen molar-refractivity contribution in [2.75, 3.05) is 33.5 Å². The lowest BCUT2D eigenvalue weighted by Gasteiger charge is -2.29. The number of hydrogen-bond donors (Lipinski definition) is 3. The minimum atomic E-state index is -1.41. The maximum Gasteiger partial charge on any atom is 0.315 e. The number of aryl methyl sites for hydroxylation is 1. The number of aliphatic carboxylic acids is 1. The molecule has 1 unspecified atom stereocenters. The van der Waals surface area contributed by atoms with Gasteiger partial charge in [0.15, 0.2) is 17.2 Å². The van der Waals surface area contributed by atoms with Gasteiger partial charge in [-0.3, -0.25) is 9.59 Å². The molecule has 0 bridgehead atoms. The normalized spacial score (nSPS) is 19.9. The maximum atomic E-state index is 12.6. The van der Waals surface area contributed by atoms with Gasteiger partial charge >= 0.3 is 5.97 Å². The van der Waals surface area contributed by atoms with Gasteiger partial charge in [0, 0.05) is 30.3 Å². The first-order valence-corrected chi connectivity index (χ1v) is 11.4. The van der Waals surface area contributed by atoms with Gasteiger partial charge in [0.1, 0.15) is 18.8 Å². The highest BCUT2D eigenvalue weighted by Gasteiger charge is 2.33. The van der Waals surface area contributed by atoms with Crippen molar-refractivity contribution in [3.63, 3.8) is 0 Å². The van der Waals surface area contributed by atoms with Gasteiger partial charge in [0.25, 0.3) is 5.91 Å². The van der Waals surface area contributed by atoms with Gasteiger partial charge < -0.3 is 29.8 Å². The van der Waals surface area contributed by atoms with Gasteiger partial charge in [-0.1, -0.05) is 19.8 Å². The van der Waals surface area contributed by atoms with Crippen molar-refractivity contribution in [3.8, 4) is 11.5 Å². The highest BCUT2D eigenvalue weighted by molar-refractivity contribution is 5.97. The summed E-state index contributed by atoms with van der Waals surface area (Å²) in [5.41, 5.74) is 0.748. The van der Waals surface area contributed by atoms with Crippen molar-refractivity contribution in [1.29, 1.82) is 0 Å². The van der Waals surface area contributed by atoms with Crippen LogP contribution in [-0.4, -0.2) is 72.9 Å². The molecule has 2 rings (SSSR count). The number of ether oxygens (including phenoxy) is 2. The zero-order chi connectivity index (χ0) is 25.1. The van der Waals surface area contributed by atoms with E-state index in [-0.39, 0.29) is 36.4 Å². The molecule has 0 aliphatic carbocycles. The second kappa shape index (κ2) is 13.8. The van der Waals surface area contributed by atoms with Crippen molar-refractivity contribution in [3.05, 3.63) is 17.0 Å². The number of nitrogens with one attached hydrogen (secondary N) is 1. The molecule has 1 fully saturated rings. The first kappa shape index (κ1) is 27.5. The van der Waals surface area contributed by atoms with Crippen LogP contribution in [0.1, 0.15) is 66.7 Å². The third-order valence-corrected chi connectivity index (χ3v) is 5.69. The van der Waals surface area contributed by atoms with E-state index in [1.54, 1.807) is 6.92 Å². The van der Waals surface area contributed by atoms with Crippen LogP contribution in [0.3, 0.4) is 0 Å². The number of aromatic hydroxyl groups is 1. The summed E-state index contributed by atoms with van der Waals surface area (Å²) in [5.74, 6) is -4.21. The summed E-state index contributed by atoms with van der Waals surface area (Å²) in [4.78, 5) is 49.4. The summed E-state index contributed by atoms with van der Waals surface area (Å²) < 4.78 is 11.6. The van der Waals surface area contributed by atoms with Crippen molar-refractivity contribution in [2.24, 2.45) is 5.92 Å². The number of pyridine rings is 1. The van der Waals surface area contributed by atoms with Crippen LogP contribution < -0.4 is 10.1 Å². The second-order valence-corrected chi connectivity index (χ2v) is 8.10. The predicted molar refractivity (Wildman–Crippen MR) is 120 cm³/mol. The van der Waals surface area contributed by atoms with E-state index < -0.39 is 30.1 Å². The molecule has 11 nitrogen and oxygen atoms in total. The van der Waals surface area contributed by atoms with Crippen LogP contribution in [0.15, 0.2) is 0 Å². The van der Waals surface area contributed by atoms with Crippen LogP contribution in [0.4, 0.5) is 0 Å². The van der Waals surface area contributed by atoms with Crippen molar-refractivity contribution in [1.82, 2.24) is 10.3 Å². The molecule has 3 N–H and O–H groups in total. The third kappa shape index (κ3) is 7.12. The number of amides is 1. The molecule has 1 aliphatic rings. The van der Waals surface area contributed by atoms with E-state index in [4.69, 9.17) is 24.4 Å². The molecule has 0 radical (unpaired) electrons. The number of nitrogens with zero attached hydrogens (tertiary/aromatic N) is 1. The number of aldehydes is 1. The zero-order valence-corrected chi connectivity index (χ0v) is 19.9. The van der Waals surface area contributed by atoms with E-state index in [1.807, 2.05) is 0 Å². The van der Waals surface area contributed by atoms with E-state index in [9.17, 15) is 19.5 Å². The van der Waals surface area contributed by atoms with Crippen LogP contribution in [-0.2, 0) is 24.1 Å². The van der Waals surface area contributed by atoms with Gasteiger partial charge in [-0.05, 0) is 26.2 Å². The Labute approximate surface area is 198 Å².